The molecule has 0 saturated heterocycles. The van der Waals surface area contributed by atoms with E-state index in [1.807, 2.05) is 0 Å². The Balaban J connectivity index is 1.09. The van der Waals surface area contributed by atoms with E-state index in [1.165, 1.54) is 131 Å². The summed E-state index contributed by atoms with van der Waals surface area (Å²) in [4.78, 5) is 0. The van der Waals surface area contributed by atoms with Crippen LogP contribution >= 0.6 is 0 Å². The second-order valence-electron chi connectivity index (χ2n) is 15.4. The second kappa shape index (κ2) is 12.7. The minimum atomic E-state index is 0.0902. The van der Waals surface area contributed by atoms with Crippen molar-refractivity contribution in [2.45, 2.75) is 57.8 Å². The molecule has 0 nitrogen and oxygen atoms in total. The first-order chi connectivity index (χ1) is 26.1. The normalized spacial score (nSPS) is 13.3. The maximum atomic E-state index is 2.56. The van der Waals surface area contributed by atoms with E-state index in [-0.39, 0.29) is 5.41 Å². The number of unbranched alkanes of at least 4 members (excludes halogenated alkanes) is 2. The molecular weight excluding hydrogens is 637 g/mol. The van der Waals surface area contributed by atoms with Crippen LogP contribution in [0.3, 0.4) is 0 Å². The number of hydrogen-bond donors (Lipinski definition) is 0. The van der Waals surface area contributed by atoms with Crippen molar-refractivity contribution >= 4 is 53.9 Å². The smallest absolute Gasteiger partial charge is 0.0215 e. The lowest BCUT2D eigenvalue weighted by atomic mass is 9.70. The molecule has 0 radical (unpaired) electrons. The van der Waals surface area contributed by atoms with Crippen molar-refractivity contribution < 1.29 is 0 Å². The Labute approximate surface area is 312 Å². The van der Waals surface area contributed by atoms with Crippen LogP contribution in [0.4, 0.5) is 0 Å². The van der Waals surface area contributed by atoms with Crippen LogP contribution in [0.25, 0.3) is 87.2 Å². The fraction of sp³-hybridized carbons (Fsp3) is 0.170. The lowest BCUT2D eigenvalue weighted by molar-refractivity contribution is 0.414. The van der Waals surface area contributed by atoms with Crippen molar-refractivity contribution in [2.75, 3.05) is 0 Å². The van der Waals surface area contributed by atoms with Crippen LogP contribution in [0.5, 0.6) is 0 Å². The van der Waals surface area contributed by atoms with Gasteiger partial charge in [-0.05, 0) is 135 Å². The van der Waals surface area contributed by atoms with Gasteiger partial charge in [-0.2, -0.15) is 0 Å². The summed E-state index contributed by atoms with van der Waals surface area (Å²) in [7, 11) is 0. The van der Waals surface area contributed by atoms with E-state index in [4.69, 9.17) is 0 Å². The average Bonchev–Trinajstić information content (AvgIpc) is 3.49. The zero-order valence-corrected chi connectivity index (χ0v) is 30.8. The standard InChI is InChI=1S/C53H44/c1-3-5-29-53(30-6-4-2)51-14-10-9-13-47(51)48-28-24-41(34-52(48)53)40-19-16-37-22-26-45-46(50(37)33-40)27-21-36-15-18-39(32-49(36)45)38-23-25-44-42(31-38)20-17-35-11-7-8-12-43(35)44/h7-28,31-34H,3-6,29-30H2,1-2H3. The Morgan fingerprint density at radius 1 is 0.340 bits per heavy atom. The second-order valence-corrected chi connectivity index (χ2v) is 15.4. The lowest BCUT2D eigenvalue weighted by Crippen LogP contribution is -2.25. The third kappa shape index (κ3) is 5.11. The molecule has 10 rings (SSSR count). The molecule has 0 amide bonds. The highest BCUT2D eigenvalue weighted by atomic mass is 14.4. The minimum Gasteiger partial charge on any atom is -0.0654 e. The van der Waals surface area contributed by atoms with E-state index in [1.54, 1.807) is 5.56 Å². The van der Waals surface area contributed by atoms with Crippen LogP contribution in [0.15, 0.2) is 158 Å². The highest BCUT2D eigenvalue weighted by Gasteiger charge is 2.42. The molecule has 1 aliphatic rings. The molecule has 0 spiro atoms. The van der Waals surface area contributed by atoms with Crippen molar-refractivity contribution in [2.24, 2.45) is 0 Å². The first kappa shape index (κ1) is 32.0. The van der Waals surface area contributed by atoms with Gasteiger partial charge in [0.1, 0.15) is 0 Å². The maximum Gasteiger partial charge on any atom is 0.0215 e. The van der Waals surface area contributed by atoms with Gasteiger partial charge in [0.15, 0.2) is 0 Å². The van der Waals surface area contributed by atoms with Crippen molar-refractivity contribution in [1.82, 2.24) is 0 Å². The minimum absolute atomic E-state index is 0.0902. The van der Waals surface area contributed by atoms with Gasteiger partial charge in [-0.25, -0.2) is 0 Å². The molecule has 0 saturated carbocycles. The van der Waals surface area contributed by atoms with Gasteiger partial charge in [0.25, 0.3) is 0 Å². The van der Waals surface area contributed by atoms with Crippen molar-refractivity contribution in [3.63, 3.8) is 0 Å². The summed E-state index contributed by atoms with van der Waals surface area (Å²) in [6, 6.07) is 60.1. The molecule has 0 fully saturated rings. The predicted octanol–water partition coefficient (Wildman–Crippen LogP) is 15.4. The van der Waals surface area contributed by atoms with Gasteiger partial charge < -0.3 is 0 Å². The first-order valence-electron chi connectivity index (χ1n) is 19.7. The summed E-state index contributed by atoms with van der Waals surface area (Å²) in [5.74, 6) is 0. The summed E-state index contributed by atoms with van der Waals surface area (Å²) in [6.07, 6.45) is 7.36. The summed E-state index contributed by atoms with van der Waals surface area (Å²) in [5, 5.41) is 13.0. The zero-order valence-electron chi connectivity index (χ0n) is 30.8. The monoisotopic (exact) mass is 680 g/mol. The van der Waals surface area contributed by atoms with Gasteiger partial charge in [0, 0.05) is 5.41 Å². The van der Waals surface area contributed by atoms with E-state index in [0.717, 1.165) is 0 Å². The molecule has 0 heterocycles. The van der Waals surface area contributed by atoms with Crippen LogP contribution in [0, 0.1) is 0 Å². The highest BCUT2D eigenvalue weighted by molar-refractivity contribution is 6.18. The number of fused-ring (bicyclic) bond motifs is 11. The molecule has 0 bridgehead atoms. The quantitative estimate of drug-likeness (QED) is 0.140. The van der Waals surface area contributed by atoms with Crippen molar-refractivity contribution in [1.29, 1.82) is 0 Å². The molecule has 0 N–H and O–H groups in total. The van der Waals surface area contributed by atoms with E-state index in [9.17, 15) is 0 Å². The molecule has 0 aliphatic heterocycles. The molecule has 1 aliphatic carbocycles. The Hall–Kier alpha value is -5.72. The molecule has 0 heteroatoms. The summed E-state index contributed by atoms with van der Waals surface area (Å²) < 4.78 is 0. The van der Waals surface area contributed by atoms with Gasteiger partial charge in [-0.3, -0.25) is 0 Å². The number of benzene rings is 9. The Morgan fingerprint density at radius 3 is 1.53 bits per heavy atom. The largest absolute Gasteiger partial charge is 0.0654 e. The van der Waals surface area contributed by atoms with Crippen molar-refractivity contribution in [3.8, 4) is 33.4 Å². The summed E-state index contributed by atoms with van der Waals surface area (Å²) in [6.45, 7) is 4.67. The van der Waals surface area contributed by atoms with Crippen LogP contribution in [-0.2, 0) is 5.41 Å². The SMILES string of the molecule is CCCCC1(CCCC)c2ccccc2-c2ccc(-c3ccc4ccc5c6cc(-c7ccc8c(ccc9ccccc98)c7)ccc6ccc5c4c3)cc21. The third-order valence-electron chi connectivity index (χ3n) is 12.4. The van der Waals surface area contributed by atoms with Gasteiger partial charge >= 0.3 is 0 Å². The fourth-order valence-corrected chi connectivity index (χ4v) is 9.67. The fourth-order valence-electron chi connectivity index (χ4n) is 9.67. The highest BCUT2D eigenvalue weighted by Crippen LogP contribution is 2.55. The zero-order chi connectivity index (χ0) is 35.5. The molecule has 53 heavy (non-hydrogen) atoms. The molecule has 0 unspecified atom stereocenters. The van der Waals surface area contributed by atoms with E-state index >= 15 is 0 Å². The van der Waals surface area contributed by atoms with E-state index < -0.39 is 0 Å². The molecule has 9 aromatic rings. The molecule has 256 valence electrons. The van der Waals surface area contributed by atoms with E-state index in [0.29, 0.717) is 0 Å². The Morgan fingerprint density at radius 2 is 0.811 bits per heavy atom. The maximum absolute atomic E-state index is 2.56. The van der Waals surface area contributed by atoms with Gasteiger partial charge in [-0.1, -0.05) is 173 Å². The Bertz CT molecular complexity index is 2860. The van der Waals surface area contributed by atoms with Crippen LogP contribution in [0.2, 0.25) is 0 Å². The number of rotatable bonds is 8. The Kier molecular flexibility index (Phi) is 7.69. The van der Waals surface area contributed by atoms with Crippen LogP contribution in [0.1, 0.15) is 63.5 Å². The van der Waals surface area contributed by atoms with Gasteiger partial charge in [-0.15, -0.1) is 0 Å². The van der Waals surface area contributed by atoms with Crippen molar-refractivity contribution in [3.05, 3.63) is 169 Å². The van der Waals surface area contributed by atoms with Crippen LogP contribution < -0.4 is 0 Å². The topological polar surface area (TPSA) is 0 Å². The lowest BCUT2D eigenvalue weighted by Gasteiger charge is -2.33. The molecule has 0 atom stereocenters. The molecule has 0 aromatic heterocycles. The van der Waals surface area contributed by atoms with E-state index in [2.05, 4.69) is 172 Å². The first-order valence-corrected chi connectivity index (χ1v) is 19.7. The third-order valence-corrected chi connectivity index (χ3v) is 12.4. The van der Waals surface area contributed by atoms with Crippen LogP contribution in [-0.4, -0.2) is 0 Å². The average molecular weight is 681 g/mol. The molecule has 9 aromatic carbocycles. The number of hydrogen-bond acceptors (Lipinski definition) is 0. The molecular formula is C53H44. The van der Waals surface area contributed by atoms with Gasteiger partial charge in [0.05, 0.1) is 0 Å². The summed E-state index contributed by atoms with van der Waals surface area (Å²) in [5.41, 5.74) is 11.2. The predicted molar refractivity (Wildman–Crippen MR) is 230 cm³/mol. The van der Waals surface area contributed by atoms with Gasteiger partial charge in [0.2, 0.25) is 0 Å². The summed E-state index contributed by atoms with van der Waals surface area (Å²) >= 11 is 0.